The molecular formula is C10H14ClNO. The van der Waals surface area contributed by atoms with Gasteiger partial charge in [0.25, 0.3) is 0 Å². The van der Waals surface area contributed by atoms with Gasteiger partial charge in [-0.3, -0.25) is 0 Å². The van der Waals surface area contributed by atoms with Crippen molar-refractivity contribution in [1.82, 2.24) is 0 Å². The van der Waals surface area contributed by atoms with E-state index in [0.717, 1.165) is 5.56 Å². The van der Waals surface area contributed by atoms with Crippen LogP contribution in [0.2, 0.25) is 5.02 Å². The molecule has 0 bridgehead atoms. The van der Waals surface area contributed by atoms with E-state index in [9.17, 15) is 5.11 Å². The SMILES string of the molecule is CC(C)C(N)c1cc(O)ccc1Cl. The van der Waals surface area contributed by atoms with Gasteiger partial charge >= 0.3 is 0 Å². The van der Waals surface area contributed by atoms with Gasteiger partial charge in [0.2, 0.25) is 0 Å². The first kappa shape index (κ1) is 10.4. The molecule has 72 valence electrons. The van der Waals surface area contributed by atoms with E-state index in [-0.39, 0.29) is 11.8 Å². The van der Waals surface area contributed by atoms with Crippen molar-refractivity contribution >= 4 is 11.6 Å². The number of rotatable bonds is 2. The van der Waals surface area contributed by atoms with Crippen LogP contribution < -0.4 is 5.73 Å². The lowest BCUT2D eigenvalue weighted by atomic mass is 9.97. The molecule has 0 spiro atoms. The Hall–Kier alpha value is -0.730. The Kier molecular flexibility index (Phi) is 3.17. The van der Waals surface area contributed by atoms with Crippen molar-refractivity contribution in [2.75, 3.05) is 0 Å². The van der Waals surface area contributed by atoms with Gasteiger partial charge in [0.05, 0.1) is 0 Å². The van der Waals surface area contributed by atoms with Gasteiger partial charge in [0, 0.05) is 11.1 Å². The zero-order chi connectivity index (χ0) is 10.0. The van der Waals surface area contributed by atoms with Crippen LogP contribution in [0.15, 0.2) is 18.2 Å². The number of hydrogen-bond acceptors (Lipinski definition) is 2. The van der Waals surface area contributed by atoms with Crippen LogP contribution >= 0.6 is 11.6 Å². The summed E-state index contributed by atoms with van der Waals surface area (Å²) in [5, 5.41) is 9.86. The van der Waals surface area contributed by atoms with Gasteiger partial charge < -0.3 is 10.8 Å². The van der Waals surface area contributed by atoms with Gasteiger partial charge in [-0.05, 0) is 29.7 Å². The molecule has 0 radical (unpaired) electrons. The largest absolute Gasteiger partial charge is 0.508 e. The fourth-order valence-corrected chi connectivity index (χ4v) is 1.39. The number of phenolic OH excluding ortho intramolecular Hbond substituents is 1. The molecule has 0 amide bonds. The molecule has 1 aromatic carbocycles. The van der Waals surface area contributed by atoms with Crippen molar-refractivity contribution in [1.29, 1.82) is 0 Å². The van der Waals surface area contributed by atoms with E-state index in [2.05, 4.69) is 0 Å². The van der Waals surface area contributed by atoms with E-state index in [1.807, 2.05) is 13.8 Å². The second kappa shape index (κ2) is 3.99. The molecule has 1 rings (SSSR count). The number of phenols is 1. The van der Waals surface area contributed by atoms with Crippen LogP contribution in [0.5, 0.6) is 5.75 Å². The minimum Gasteiger partial charge on any atom is -0.508 e. The molecule has 13 heavy (non-hydrogen) atoms. The normalized spacial score (nSPS) is 13.3. The third-order valence-electron chi connectivity index (χ3n) is 2.06. The highest BCUT2D eigenvalue weighted by atomic mass is 35.5. The zero-order valence-electron chi connectivity index (χ0n) is 7.79. The Morgan fingerprint density at radius 1 is 1.38 bits per heavy atom. The highest BCUT2D eigenvalue weighted by molar-refractivity contribution is 6.31. The quantitative estimate of drug-likeness (QED) is 0.770. The summed E-state index contributed by atoms with van der Waals surface area (Å²) in [4.78, 5) is 0. The Morgan fingerprint density at radius 2 is 2.00 bits per heavy atom. The summed E-state index contributed by atoms with van der Waals surface area (Å²) in [5.41, 5.74) is 6.71. The van der Waals surface area contributed by atoms with Crippen molar-refractivity contribution in [2.24, 2.45) is 11.7 Å². The molecule has 0 fully saturated rings. The molecule has 0 aliphatic rings. The van der Waals surface area contributed by atoms with Crippen LogP contribution in [-0.2, 0) is 0 Å². The van der Waals surface area contributed by atoms with Gasteiger partial charge in [-0.25, -0.2) is 0 Å². The monoisotopic (exact) mass is 199 g/mol. The first-order chi connectivity index (χ1) is 6.02. The van der Waals surface area contributed by atoms with E-state index in [1.165, 1.54) is 0 Å². The smallest absolute Gasteiger partial charge is 0.116 e. The molecule has 0 aliphatic heterocycles. The topological polar surface area (TPSA) is 46.2 Å². The molecule has 1 unspecified atom stereocenters. The Balaban J connectivity index is 3.05. The predicted molar refractivity (Wildman–Crippen MR) is 54.9 cm³/mol. The van der Waals surface area contributed by atoms with Crippen LogP contribution in [0.3, 0.4) is 0 Å². The molecule has 1 aromatic rings. The summed E-state index contributed by atoms with van der Waals surface area (Å²) in [6.45, 7) is 4.04. The molecule has 0 saturated heterocycles. The van der Waals surface area contributed by atoms with Crippen molar-refractivity contribution in [2.45, 2.75) is 19.9 Å². The molecule has 3 N–H and O–H groups in total. The van der Waals surface area contributed by atoms with E-state index in [0.29, 0.717) is 10.9 Å². The van der Waals surface area contributed by atoms with Crippen molar-refractivity contribution in [3.8, 4) is 5.75 Å². The van der Waals surface area contributed by atoms with Crippen LogP contribution in [0.1, 0.15) is 25.5 Å². The number of aromatic hydroxyl groups is 1. The lowest BCUT2D eigenvalue weighted by Crippen LogP contribution is -2.16. The maximum absolute atomic E-state index is 9.25. The fourth-order valence-electron chi connectivity index (χ4n) is 1.15. The third kappa shape index (κ3) is 2.36. The van der Waals surface area contributed by atoms with E-state index >= 15 is 0 Å². The van der Waals surface area contributed by atoms with Crippen molar-refractivity contribution < 1.29 is 5.11 Å². The number of halogens is 1. The van der Waals surface area contributed by atoms with Gasteiger partial charge in [-0.1, -0.05) is 25.4 Å². The minimum absolute atomic E-state index is 0.125. The summed E-state index contributed by atoms with van der Waals surface area (Å²) in [5.74, 6) is 0.509. The van der Waals surface area contributed by atoms with Crippen molar-refractivity contribution in [3.05, 3.63) is 28.8 Å². The summed E-state index contributed by atoms with van der Waals surface area (Å²) in [6, 6.07) is 4.71. The van der Waals surface area contributed by atoms with E-state index in [4.69, 9.17) is 17.3 Å². The Morgan fingerprint density at radius 3 is 2.54 bits per heavy atom. The number of nitrogens with two attached hydrogens (primary N) is 1. The molecule has 0 aliphatic carbocycles. The Bertz CT molecular complexity index is 299. The molecule has 3 heteroatoms. The average Bonchev–Trinajstić information content (AvgIpc) is 2.08. The van der Waals surface area contributed by atoms with Gasteiger partial charge in [-0.15, -0.1) is 0 Å². The van der Waals surface area contributed by atoms with E-state index in [1.54, 1.807) is 18.2 Å². The summed E-state index contributed by atoms with van der Waals surface area (Å²) in [7, 11) is 0. The van der Waals surface area contributed by atoms with Gasteiger partial charge in [0.1, 0.15) is 5.75 Å². The molecule has 0 aromatic heterocycles. The van der Waals surface area contributed by atoms with Crippen LogP contribution in [0.4, 0.5) is 0 Å². The van der Waals surface area contributed by atoms with Crippen LogP contribution in [-0.4, -0.2) is 5.11 Å². The molecule has 0 saturated carbocycles. The lowest BCUT2D eigenvalue weighted by Gasteiger charge is -2.17. The third-order valence-corrected chi connectivity index (χ3v) is 2.40. The molecule has 2 nitrogen and oxygen atoms in total. The molecule has 1 atom stereocenters. The minimum atomic E-state index is -0.125. The summed E-state index contributed by atoms with van der Waals surface area (Å²) in [6.07, 6.45) is 0. The van der Waals surface area contributed by atoms with Gasteiger partial charge in [0.15, 0.2) is 0 Å². The van der Waals surface area contributed by atoms with Crippen LogP contribution in [0.25, 0.3) is 0 Å². The highest BCUT2D eigenvalue weighted by Gasteiger charge is 2.14. The lowest BCUT2D eigenvalue weighted by molar-refractivity contribution is 0.468. The van der Waals surface area contributed by atoms with Gasteiger partial charge in [-0.2, -0.15) is 0 Å². The average molecular weight is 200 g/mol. The summed E-state index contributed by atoms with van der Waals surface area (Å²) >= 11 is 5.94. The molecule has 0 heterocycles. The second-order valence-electron chi connectivity index (χ2n) is 3.48. The molecular weight excluding hydrogens is 186 g/mol. The zero-order valence-corrected chi connectivity index (χ0v) is 8.55. The second-order valence-corrected chi connectivity index (χ2v) is 3.88. The standard InChI is InChI=1S/C10H14ClNO/c1-6(2)10(12)8-5-7(13)3-4-9(8)11/h3-6,10,13H,12H2,1-2H3. The number of hydrogen-bond donors (Lipinski definition) is 2. The van der Waals surface area contributed by atoms with E-state index < -0.39 is 0 Å². The number of benzene rings is 1. The predicted octanol–water partition coefficient (Wildman–Crippen LogP) is 2.70. The summed E-state index contributed by atoms with van der Waals surface area (Å²) < 4.78 is 0. The maximum atomic E-state index is 9.25. The van der Waals surface area contributed by atoms with Crippen molar-refractivity contribution in [3.63, 3.8) is 0 Å². The fraction of sp³-hybridized carbons (Fsp3) is 0.400. The van der Waals surface area contributed by atoms with Crippen LogP contribution in [0, 0.1) is 5.92 Å². The Labute approximate surface area is 83.3 Å². The first-order valence-corrected chi connectivity index (χ1v) is 4.64. The highest BCUT2D eigenvalue weighted by Crippen LogP contribution is 2.29. The first-order valence-electron chi connectivity index (χ1n) is 4.26. The maximum Gasteiger partial charge on any atom is 0.116 e.